The zero-order valence-corrected chi connectivity index (χ0v) is 11.1. The summed E-state index contributed by atoms with van der Waals surface area (Å²) in [6, 6.07) is 2.95. The quantitative estimate of drug-likeness (QED) is 0.773. The van der Waals surface area contributed by atoms with Gasteiger partial charge in [-0.1, -0.05) is 33.6 Å². The summed E-state index contributed by atoms with van der Waals surface area (Å²) in [5.41, 5.74) is 0.257. The molecular weight excluding hydrogens is 196 g/mol. The zero-order valence-electron chi connectivity index (χ0n) is 11.1. The summed E-state index contributed by atoms with van der Waals surface area (Å²) in [4.78, 5) is 0. The number of hydrogen-bond donors (Lipinski definition) is 1. The molecule has 92 valence electrons. The number of rotatable bonds is 5. The predicted molar refractivity (Wildman–Crippen MR) is 68.1 cm³/mol. The molecule has 0 aliphatic heterocycles. The van der Waals surface area contributed by atoms with Crippen LogP contribution in [0.1, 0.15) is 59.3 Å². The van der Waals surface area contributed by atoms with Crippen molar-refractivity contribution in [2.24, 2.45) is 11.3 Å². The van der Waals surface area contributed by atoms with Crippen molar-refractivity contribution < 1.29 is 0 Å². The summed E-state index contributed by atoms with van der Waals surface area (Å²) in [6.45, 7) is 7.92. The highest BCUT2D eigenvalue weighted by Gasteiger charge is 2.24. The molecule has 2 unspecified atom stereocenters. The highest BCUT2D eigenvalue weighted by molar-refractivity contribution is 4.83. The monoisotopic (exact) mass is 222 g/mol. The van der Waals surface area contributed by atoms with E-state index in [1.165, 1.54) is 25.7 Å². The van der Waals surface area contributed by atoms with Gasteiger partial charge in [0.2, 0.25) is 0 Å². The Labute approximate surface area is 100 Å². The lowest BCUT2D eigenvalue weighted by molar-refractivity contribution is 0.233. The summed E-state index contributed by atoms with van der Waals surface area (Å²) in [5, 5.41) is 12.3. The van der Waals surface area contributed by atoms with E-state index in [9.17, 15) is 0 Å². The molecule has 2 heteroatoms. The molecule has 0 spiro atoms. The smallest absolute Gasteiger partial charge is 0.0621 e. The Balaban J connectivity index is 2.29. The van der Waals surface area contributed by atoms with Gasteiger partial charge >= 0.3 is 0 Å². The van der Waals surface area contributed by atoms with Crippen molar-refractivity contribution in [3.05, 3.63) is 0 Å². The average molecular weight is 222 g/mol. The topological polar surface area (TPSA) is 35.8 Å². The molecule has 0 aromatic carbocycles. The van der Waals surface area contributed by atoms with Gasteiger partial charge in [-0.05, 0) is 30.6 Å². The molecule has 2 nitrogen and oxygen atoms in total. The molecule has 0 aromatic heterocycles. The third-order valence-electron chi connectivity index (χ3n) is 3.87. The first-order chi connectivity index (χ1) is 7.55. The van der Waals surface area contributed by atoms with Gasteiger partial charge in [0.05, 0.1) is 6.07 Å². The minimum Gasteiger partial charge on any atom is -0.313 e. The van der Waals surface area contributed by atoms with Crippen molar-refractivity contribution in [3.63, 3.8) is 0 Å². The Kier molecular flexibility index (Phi) is 5.28. The summed E-state index contributed by atoms with van der Waals surface area (Å²) >= 11 is 0. The van der Waals surface area contributed by atoms with Crippen LogP contribution in [0, 0.1) is 22.7 Å². The van der Waals surface area contributed by atoms with E-state index >= 15 is 0 Å². The van der Waals surface area contributed by atoms with Gasteiger partial charge in [0.1, 0.15) is 0 Å². The van der Waals surface area contributed by atoms with Crippen LogP contribution in [-0.4, -0.2) is 12.6 Å². The van der Waals surface area contributed by atoms with Gasteiger partial charge in [-0.25, -0.2) is 0 Å². The van der Waals surface area contributed by atoms with Crippen LogP contribution in [0.4, 0.5) is 0 Å². The van der Waals surface area contributed by atoms with Crippen LogP contribution in [0.25, 0.3) is 0 Å². The summed E-state index contributed by atoms with van der Waals surface area (Å²) < 4.78 is 0. The lowest BCUT2D eigenvalue weighted by Crippen LogP contribution is -2.42. The standard InChI is InChI=1S/C14H26N2/c1-12-7-4-5-8-13(12)16-11-14(2,3)9-6-10-15/h12-13,16H,4-9,11H2,1-3H3. The average Bonchev–Trinajstić information content (AvgIpc) is 2.26. The minimum absolute atomic E-state index is 0.257. The summed E-state index contributed by atoms with van der Waals surface area (Å²) in [5.74, 6) is 0.820. The van der Waals surface area contributed by atoms with Gasteiger partial charge in [0.15, 0.2) is 0 Å². The van der Waals surface area contributed by atoms with E-state index < -0.39 is 0 Å². The molecule has 1 N–H and O–H groups in total. The zero-order chi connectivity index (χ0) is 12.0. The number of nitrogens with one attached hydrogen (secondary N) is 1. The highest BCUT2D eigenvalue weighted by atomic mass is 14.9. The van der Waals surface area contributed by atoms with E-state index in [0.717, 1.165) is 18.9 Å². The van der Waals surface area contributed by atoms with Crippen LogP contribution in [0.5, 0.6) is 0 Å². The fraction of sp³-hybridized carbons (Fsp3) is 0.929. The third kappa shape index (κ3) is 4.53. The van der Waals surface area contributed by atoms with Crippen molar-refractivity contribution in [2.45, 2.75) is 65.3 Å². The maximum atomic E-state index is 8.62. The van der Waals surface area contributed by atoms with Gasteiger partial charge in [0, 0.05) is 19.0 Å². The molecule has 1 fully saturated rings. The first-order valence-electron chi connectivity index (χ1n) is 6.65. The molecule has 16 heavy (non-hydrogen) atoms. The Hall–Kier alpha value is -0.550. The van der Waals surface area contributed by atoms with E-state index in [1.807, 2.05) is 0 Å². The molecule has 0 aromatic rings. The molecule has 0 radical (unpaired) electrons. The van der Waals surface area contributed by atoms with Crippen molar-refractivity contribution in [3.8, 4) is 6.07 Å². The van der Waals surface area contributed by atoms with Crippen LogP contribution in [0.15, 0.2) is 0 Å². The summed E-state index contributed by atoms with van der Waals surface area (Å²) in [6.07, 6.45) is 7.15. The lowest BCUT2D eigenvalue weighted by Gasteiger charge is -2.33. The molecule has 0 heterocycles. The Morgan fingerprint density at radius 2 is 2.00 bits per heavy atom. The van der Waals surface area contributed by atoms with Gasteiger partial charge in [0.25, 0.3) is 0 Å². The lowest BCUT2D eigenvalue weighted by atomic mass is 9.83. The Morgan fingerprint density at radius 1 is 1.31 bits per heavy atom. The van der Waals surface area contributed by atoms with Crippen LogP contribution in [0.3, 0.4) is 0 Å². The van der Waals surface area contributed by atoms with Crippen LogP contribution >= 0.6 is 0 Å². The predicted octanol–water partition coefficient (Wildman–Crippen LogP) is 3.48. The molecule has 1 rings (SSSR count). The first kappa shape index (κ1) is 13.5. The van der Waals surface area contributed by atoms with Crippen LogP contribution < -0.4 is 5.32 Å². The molecule has 0 bridgehead atoms. The van der Waals surface area contributed by atoms with E-state index in [4.69, 9.17) is 5.26 Å². The third-order valence-corrected chi connectivity index (χ3v) is 3.87. The fourth-order valence-electron chi connectivity index (χ4n) is 2.51. The fourth-order valence-corrected chi connectivity index (χ4v) is 2.51. The molecule has 0 saturated heterocycles. The normalized spacial score (nSPS) is 26.4. The van der Waals surface area contributed by atoms with Crippen LogP contribution in [-0.2, 0) is 0 Å². The van der Waals surface area contributed by atoms with E-state index in [2.05, 4.69) is 32.2 Å². The van der Waals surface area contributed by atoms with Crippen molar-refractivity contribution in [1.82, 2.24) is 5.32 Å². The maximum Gasteiger partial charge on any atom is 0.0621 e. The first-order valence-corrected chi connectivity index (χ1v) is 6.65. The molecule has 2 atom stereocenters. The van der Waals surface area contributed by atoms with Gasteiger partial charge in [-0.15, -0.1) is 0 Å². The van der Waals surface area contributed by atoms with E-state index in [-0.39, 0.29) is 5.41 Å². The van der Waals surface area contributed by atoms with Crippen molar-refractivity contribution >= 4 is 0 Å². The van der Waals surface area contributed by atoms with Crippen molar-refractivity contribution in [2.75, 3.05) is 6.54 Å². The Morgan fingerprint density at radius 3 is 2.62 bits per heavy atom. The second kappa shape index (κ2) is 6.25. The SMILES string of the molecule is CC1CCCCC1NCC(C)(C)CCC#N. The van der Waals surface area contributed by atoms with Crippen LogP contribution in [0.2, 0.25) is 0 Å². The Bertz CT molecular complexity index is 240. The minimum atomic E-state index is 0.257. The second-order valence-corrected chi connectivity index (χ2v) is 6.07. The van der Waals surface area contributed by atoms with Gasteiger partial charge < -0.3 is 5.32 Å². The molecular formula is C14H26N2. The second-order valence-electron chi connectivity index (χ2n) is 6.07. The summed E-state index contributed by atoms with van der Waals surface area (Å²) in [7, 11) is 0. The number of hydrogen-bond acceptors (Lipinski definition) is 2. The largest absolute Gasteiger partial charge is 0.313 e. The molecule has 1 saturated carbocycles. The highest BCUT2D eigenvalue weighted by Crippen LogP contribution is 2.26. The number of nitriles is 1. The molecule has 1 aliphatic rings. The maximum absolute atomic E-state index is 8.62. The molecule has 0 amide bonds. The number of nitrogens with zero attached hydrogens (tertiary/aromatic N) is 1. The molecule has 1 aliphatic carbocycles. The van der Waals surface area contributed by atoms with Crippen molar-refractivity contribution in [1.29, 1.82) is 5.26 Å². The van der Waals surface area contributed by atoms with E-state index in [0.29, 0.717) is 12.5 Å². The van der Waals surface area contributed by atoms with Gasteiger partial charge in [-0.3, -0.25) is 0 Å². The van der Waals surface area contributed by atoms with Gasteiger partial charge in [-0.2, -0.15) is 5.26 Å². The van der Waals surface area contributed by atoms with E-state index in [1.54, 1.807) is 0 Å².